The zero-order valence-corrected chi connectivity index (χ0v) is 17.1. The molecule has 0 saturated heterocycles. The summed E-state index contributed by atoms with van der Waals surface area (Å²) in [6.45, 7) is 2.81. The van der Waals surface area contributed by atoms with E-state index in [1.807, 2.05) is 0 Å². The fourth-order valence-electron chi connectivity index (χ4n) is 4.34. The van der Waals surface area contributed by atoms with Crippen LogP contribution in [0.5, 0.6) is 11.5 Å². The van der Waals surface area contributed by atoms with Crippen molar-refractivity contribution in [1.82, 2.24) is 0 Å². The van der Waals surface area contributed by atoms with Crippen molar-refractivity contribution in [2.75, 3.05) is 0 Å². The Labute approximate surface area is 179 Å². The van der Waals surface area contributed by atoms with Crippen molar-refractivity contribution in [2.24, 2.45) is 0 Å². The van der Waals surface area contributed by atoms with Crippen LogP contribution in [0.1, 0.15) is 46.3 Å². The molecule has 0 fully saturated rings. The number of rotatable bonds is 2. The molecule has 3 heterocycles. The smallest absolute Gasteiger partial charge is 0.336 e. The summed E-state index contributed by atoms with van der Waals surface area (Å²) in [6.07, 6.45) is 1.02. The first-order valence-electron chi connectivity index (χ1n) is 9.83. The Hall–Kier alpha value is -4.20. The van der Waals surface area contributed by atoms with E-state index in [9.17, 15) is 24.3 Å². The topological polar surface area (TPSA) is 124 Å². The second-order valence-corrected chi connectivity index (χ2v) is 7.72. The minimum atomic E-state index is -0.918. The summed E-state index contributed by atoms with van der Waals surface area (Å²) in [5, 5.41) is 11.3. The number of carbonyl (C=O) groups is 2. The van der Waals surface area contributed by atoms with Gasteiger partial charge in [0.25, 0.3) is 0 Å². The minimum absolute atomic E-state index is 0.0439. The number of para-hydroxylation sites is 1. The summed E-state index contributed by atoms with van der Waals surface area (Å²) in [4.78, 5) is 50.4. The monoisotopic (exact) mass is 432 g/mol. The first-order valence-corrected chi connectivity index (χ1v) is 9.83. The van der Waals surface area contributed by atoms with Gasteiger partial charge in [-0.15, -0.1) is 0 Å². The van der Waals surface area contributed by atoms with E-state index in [-0.39, 0.29) is 45.3 Å². The van der Waals surface area contributed by atoms with E-state index in [4.69, 9.17) is 13.6 Å². The number of hydrogen-bond donors (Lipinski definition) is 1. The third-order valence-corrected chi connectivity index (χ3v) is 5.72. The highest BCUT2D eigenvalue weighted by Gasteiger charge is 2.38. The Morgan fingerprint density at radius 1 is 1.16 bits per heavy atom. The maximum Gasteiger partial charge on any atom is 0.336 e. The molecule has 0 spiro atoms. The standard InChI is InChI=1S/C24H16O8/c1-10-7-16(26)31-23-18(10)22(29)19(11(2)25)24-20(23)13(8-17(27)32-24)14-9-30-15-6-4-3-5-12(15)21(14)28/h3-7,9,13,29H,8H2,1-2H3. The number of fused-ring (bicyclic) bond motifs is 4. The summed E-state index contributed by atoms with van der Waals surface area (Å²) >= 11 is 0. The molecule has 0 bridgehead atoms. The predicted molar refractivity (Wildman–Crippen MR) is 113 cm³/mol. The average molecular weight is 432 g/mol. The van der Waals surface area contributed by atoms with Crippen LogP contribution in [-0.2, 0) is 4.79 Å². The number of phenols is 1. The van der Waals surface area contributed by atoms with Crippen LogP contribution in [0.4, 0.5) is 0 Å². The van der Waals surface area contributed by atoms with Gasteiger partial charge in [-0.25, -0.2) is 4.79 Å². The molecule has 8 heteroatoms. The van der Waals surface area contributed by atoms with Crippen LogP contribution in [0.2, 0.25) is 0 Å². The van der Waals surface area contributed by atoms with E-state index < -0.39 is 29.0 Å². The van der Waals surface area contributed by atoms with Crippen LogP contribution in [0, 0.1) is 6.92 Å². The molecule has 1 aliphatic rings. The second kappa shape index (κ2) is 6.91. The summed E-state index contributed by atoms with van der Waals surface area (Å²) in [5.41, 5.74) is -0.239. The lowest BCUT2D eigenvalue weighted by atomic mass is 9.83. The van der Waals surface area contributed by atoms with Crippen LogP contribution < -0.4 is 15.8 Å². The van der Waals surface area contributed by atoms with E-state index in [2.05, 4.69) is 0 Å². The van der Waals surface area contributed by atoms with Crippen molar-refractivity contribution in [3.63, 3.8) is 0 Å². The summed E-state index contributed by atoms with van der Waals surface area (Å²) in [5.74, 6) is -2.84. The number of phenolic OH excluding ortho intramolecular Hbond substituents is 1. The molecule has 2 aromatic heterocycles. The van der Waals surface area contributed by atoms with E-state index in [1.165, 1.54) is 19.3 Å². The zero-order valence-electron chi connectivity index (χ0n) is 17.1. The van der Waals surface area contributed by atoms with Gasteiger partial charge in [0.05, 0.1) is 23.5 Å². The molecule has 8 nitrogen and oxygen atoms in total. The molecule has 1 aliphatic heterocycles. The van der Waals surface area contributed by atoms with Gasteiger partial charge in [-0.2, -0.15) is 0 Å². The maximum absolute atomic E-state index is 13.3. The predicted octanol–water partition coefficient (Wildman–Crippen LogP) is 3.56. The normalized spacial score (nSPS) is 15.6. The van der Waals surface area contributed by atoms with Gasteiger partial charge in [-0.05, 0) is 31.5 Å². The van der Waals surface area contributed by atoms with Crippen LogP contribution in [0.3, 0.4) is 0 Å². The van der Waals surface area contributed by atoms with Crippen LogP contribution in [0.15, 0.2) is 55.0 Å². The highest BCUT2D eigenvalue weighted by atomic mass is 16.5. The Morgan fingerprint density at radius 3 is 2.66 bits per heavy atom. The van der Waals surface area contributed by atoms with Crippen molar-refractivity contribution in [2.45, 2.75) is 26.2 Å². The van der Waals surface area contributed by atoms with Crippen molar-refractivity contribution >= 4 is 33.7 Å². The lowest BCUT2D eigenvalue weighted by Gasteiger charge is -2.27. The van der Waals surface area contributed by atoms with Gasteiger partial charge < -0.3 is 18.7 Å². The summed E-state index contributed by atoms with van der Waals surface area (Å²) in [6, 6.07) is 7.85. The fraction of sp³-hybridized carbons (Fsp3) is 0.167. The number of aryl methyl sites for hydroxylation is 1. The third-order valence-electron chi connectivity index (χ3n) is 5.72. The molecule has 2 aromatic carbocycles. The number of hydrogen-bond acceptors (Lipinski definition) is 8. The molecule has 160 valence electrons. The molecule has 0 radical (unpaired) electrons. The number of aromatic hydroxyl groups is 1. The summed E-state index contributed by atoms with van der Waals surface area (Å²) in [7, 11) is 0. The Bertz CT molecular complexity index is 1590. The van der Waals surface area contributed by atoms with Gasteiger partial charge in [-0.1, -0.05) is 12.1 Å². The Kier molecular flexibility index (Phi) is 4.27. The molecule has 4 aromatic rings. The molecule has 0 amide bonds. The van der Waals surface area contributed by atoms with Crippen molar-refractivity contribution in [3.8, 4) is 11.5 Å². The number of Topliss-reactive ketones (excluding diaryl/α,β-unsaturated/α-hetero) is 1. The lowest BCUT2D eigenvalue weighted by Crippen LogP contribution is -2.26. The van der Waals surface area contributed by atoms with Crippen LogP contribution in [-0.4, -0.2) is 16.9 Å². The van der Waals surface area contributed by atoms with Crippen LogP contribution in [0.25, 0.3) is 21.9 Å². The third kappa shape index (κ3) is 2.76. The van der Waals surface area contributed by atoms with Crippen LogP contribution >= 0.6 is 0 Å². The van der Waals surface area contributed by atoms with Gasteiger partial charge >= 0.3 is 11.6 Å². The van der Waals surface area contributed by atoms with Gasteiger partial charge in [-0.3, -0.25) is 14.4 Å². The van der Waals surface area contributed by atoms with Crippen molar-refractivity contribution in [1.29, 1.82) is 0 Å². The van der Waals surface area contributed by atoms with E-state index in [0.29, 0.717) is 16.5 Å². The van der Waals surface area contributed by atoms with Gasteiger partial charge in [0.15, 0.2) is 17.0 Å². The van der Waals surface area contributed by atoms with E-state index in [0.717, 1.165) is 0 Å². The summed E-state index contributed by atoms with van der Waals surface area (Å²) < 4.78 is 16.4. The number of ether oxygens (including phenoxy) is 1. The average Bonchev–Trinajstić information content (AvgIpc) is 2.72. The highest BCUT2D eigenvalue weighted by molar-refractivity contribution is 6.09. The molecular formula is C24H16O8. The zero-order chi connectivity index (χ0) is 22.7. The molecule has 0 aliphatic carbocycles. The molecule has 1 unspecified atom stereocenters. The quantitative estimate of drug-likeness (QED) is 0.221. The fourth-order valence-corrected chi connectivity index (χ4v) is 4.34. The van der Waals surface area contributed by atoms with E-state index >= 15 is 0 Å². The lowest BCUT2D eigenvalue weighted by molar-refractivity contribution is -0.135. The largest absolute Gasteiger partial charge is 0.506 e. The van der Waals surface area contributed by atoms with Gasteiger partial charge in [0.2, 0.25) is 0 Å². The molecule has 1 atom stereocenters. The first kappa shape index (κ1) is 19.7. The molecule has 32 heavy (non-hydrogen) atoms. The Balaban J connectivity index is 1.95. The first-order chi connectivity index (χ1) is 15.3. The number of ketones is 1. The minimum Gasteiger partial charge on any atom is -0.506 e. The van der Waals surface area contributed by atoms with Crippen molar-refractivity contribution in [3.05, 3.63) is 79.5 Å². The molecule has 0 saturated carbocycles. The maximum atomic E-state index is 13.3. The molecular weight excluding hydrogens is 416 g/mol. The highest BCUT2D eigenvalue weighted by Crippen LogP contribution is 2.49. The van der Waals surface area contributed by atoms with Gasteiger partial charge in [0, 0.05) is 23.1 Å². The number of benzene rings is 2. The SMILES string of the molecule is CC(=O)c1c2c(c3oc(=O)cc(C)c3c1O)C(c1coc3ccccc3c1=O)CC(=O)O2. The number of carbonyl (C=O) groups excluding carboxylic acids is 2. The Morgan fingerprint density at radius 2 is 1.91 bits per heavy atom. The molecule has 1 N–H and O–H groups in total. The van der Waals surface area contributed by atoms with Gasteiger partial charge in [0.1, 0.15) is 22.5 Å². The second-order valence-electron chi connectivity index (χ2n) is 7.72. The number of esters is 1. The van der Waals surface area contributed by atoms with Crippen molar-refractivity contribution < 1.29 is 28.3 Å². The molecule has 5 rings (SSSR count). The van der Waals surface area contributed by atoms with E-state index in [1.54, 1.807) is 31.2 Å².